The maximum atomic E-state index is 9.45. The number of aromatic nitrogens is 2. The molecule has 3 rings (SSSR count). The van der Waals surface area contributed by atoms with Crippen molar-refractivity contribution in [1.29, 1.82) is 0 Å². The molecule has 0 aliphatic carbocycles. The third kappa shape index (κ3) is 2.72. The van der Waals surface area contributed by atoms with Gasteiger partial charge in [0, 0.05) is 31.2 Å². The lowest BCUT2D eigenvalue weighted by Crippen LogP contribution is -2.32. The second-order valence-corrected chi connectivity index (χ2v) is 6.32. The van der Waals surface area contributed by atoms with Crippen LogP contribution in [-0.2, 0) is 7.05 Å². The van der Waals surface area contributed by atoms with Gasteiger partial charge < -0.3 is 19.9 Å². The number of aliphatic hydroxyl groups is 1. The molecule has 5 nitrogen and oxygen atoms in total. The molecule has 1 saturated heterocycles. The molecule has 122 valence electrons. The molecule has 1 aliphatic heterocycles. The number of β-amino-alcohol motifs (C(OH)–C–C–N with tert-alkyl or cyclic N) is 1. The van der Waals surface area contributed by atoms with Crippen molar-refractivity contribution in [1.82, 2.24) is 19.8 Å². The zero-order chi connectivity index (χ0) is 16.6. The Balaban J connectivity index is 2.09. The van der Waals surface area contributed by atoms with Crippen molar-refractivity contribution < 1.29 is 5.11 Å². The number of thiocarbonyl (C=S) groups is 1. The van der Waals surface area contributed by atoms with E-state index in [0.29, 0.717) is 11.7 Å². The number of rotatable bonds is 4. The lowest BCUT2D eigenvalue weighted by Gasteiger charge is -2.27. The molecule has 0 bridgehead atoms. The molecule has 0 radical (unpaired) electrons. The zero-order valence-corrected chi connectivity index (χ0v) is 14.5. The number of aryl methyl sites for hydroxylation is 1. The van der Waals surface area contributed by atoms with Crippen molar-refractivity contribution in [2.75, 3.05) is 13.2 Å². The SMILES string of the molecule is Cc1cc(C2C(c3ccccn3)NC(=S)N2CCO)c(C)n1C. The predicted molar refractivity (Wildman–Crippen MR) is 94.1 cm³/mol. The smallest absolute Gasteiger partial charge is 0.170 e. The summed E-state index contributed by atoms with van der Waals surface area (Å²) in [7, 11) is 2.07. The van der Waals surface area contributed by atoms with E-state index in [1.807, 2.05) is 18.2 Å². The van der Waals surface area contributed by atoms with E-state index in [4.69, 9.17) is 12.2 Å². The Morgan fingerprint density at radius 3 is 2.70 bits per heavy atom. The van der Waals surface area contributed by atoms with Crippen molar-refractivity contribution in [3.63, 3.8) is 0 Å². The van der Waals surface area contributed by atoms with Gasteiger partial charge in [0.1, 0.15) is 0 Å². The summed E-state index contributed by atoms with van der Waals surface area (Å²) in [5, 5.41) is 13.5. The van der Waals surface area contributed by atoms with Crippen LogP contribution < -0.4 is 5.32 Å². The van der Waals surface area contributed by atoms with Crippen LogP contribution in [0.25, 0.3) is 0 Å². The van der Waals surface area contributed by atoms with E-state index in [2.05, 4.69) is 46.7 Å². The van der Waals surface area contributed by atoms with Crippen LogP contribution in [0.1, 0.15) is 34.7 Å². The first-order valence-corrected chi connectivity index (χ1v) is 8.17. The molecule has 2 aromatic rings. The first kappa shape index (κ1) is 16.0. The molecule has 2 unspecified atom stereocenters. The summed E-state index contributed by atoms with van der Waals surface area (Å²) in [4.78, 5) is 6.57. The summed E-state index contributed by atoms with van der Waals surface area (Å²) in [5.74, 6) is 0. The molecule has 2 atom stereocenters. The Hall–Kier alpha value is -1.92. The number of aliphatic hydroxyl groups excluding tert-OH is 1. The van der Waals surface area contributed by atoms with Gasteiger partial charge in [0.05, 0.1) is 24.4 Å². The van der Waals surface area contributed by atoms with Crippen LogP contribution in [0.5, 0.6) is 0 Å². The highest BCUT2D eigenvalue weighted by atomic mass is 32.1. The third-order valence-corrected chi connectivity index (χ3v) is 5.02. The van der Waals surface area contributed by atoms with Crippen molar-refractivity contribution in [2.45, 2.75) is 25.9 Å². The van der Waals surface area contributed by atoms with Gasteiger partial charge in [0.2, 0.25) is 0 Å². The normalized spacial score (nSPS) is 20.9. The molecule has 0 saturated carbocycles. The van der Waals surface area contributed by atoms with Crippen LogP contribution in [0.2, 0.25) is 0 Å². The summed E-state index contributed by atoms with van der Waals surface area (Å²) in [6.45, 7) is 4.80. The van der Waals surface area contributed by atoms with Crippen molar-refractivity contribution in [3.05, 3.63) is 53.1 Å². The van der Waals surface area contributed by atoms with E-state index >= 15 is 0 Å². The van der Waals surface area contributed by atoms with E-state index in [0.717, 1.165) is 5.69 Å². The summed E-state index contributed by atoms with van der Waals surface area (Å²) in [6.07, 6.45) is 1.80. The largest absolute Gasteiger partial charge is 0.395 e. The molecule has 2 N–H and O–H groups in total. The van der Waals surface area contributed by atoms with Crippen molar-refractivity contribution >= 4 is 17.3 Å². The van der Waals surface area contributed by atoms with Gasteiger partial charge in [-0.3, -0.25) is 4.98 Å². The van der Waals surface area contributed by atoms with Gasteiger partial charge in [0.15, 0.2) is 5.11 Å². The lowest BCUT2D eigenvalue weighted by molar-refractivity contribution is 0.223. The number of pyridine rings is 1. The standard InChI is InChI=1S/C17H22N4OS/c1-11-10-13(12(2)20(11)3)16-15(14-6-4-5-7-18-14)19-17(23)21(16)8-9-22/h4-7,10,15-16,22H,8-9H2,1-3H3,(H,19,23). The van der Waals surface area contributed by atoms with Gasteiger partial charge in [-0.05, 0) is 49.8 Å². The average Bonchev–Trinajstić information content (AvgIpc) is 3.01. The van der Waals surface area contributed by atoms with Gasteiger partial charge in [-0.1, -0.05) is 6.07 Å². The van der Waals surface area contributed by atoms with Gasteiger partial charge in [-0.15, -0.1) is 0 Å². The number of nitrogens with zero attached hydrogens (tertiary/aromatic N) is 3. The molecule has 2 aromatic heterocycles. The molecular weight excluding hydrogens is 308 g/mol. The van der Waals surface area contributed by atoms with E-state index in [9.17, 15) is 5.11 Å². The predicted octanol–water partition coefficient (Wildman–Crippen LogP) is 2.00. The first-order chi connectivity index (χ1) is 11.0. The second kappa shape index (κ2) is 6.29. The number of hydrogen-bond acceptors (Lipinski definition) is 3. The number of nitrogens with one attached hydrogen (secondary N) is 1. The fourth-order valence-electron chi connectivity index (χ4n) is 3.28. The highest BCUT2D eigenvalue weighted by Gasteiger charge is 2.40. The third-order valence-electron chi connectivity index (χ3n) is 4.67. The Bertz CT molecular complexity index is 713. The Kier molecular flexibility index (Phi) is 4.37. The zero-order valence-electron chi connectivity index (χ0n) is 13.7. The summed E-state index contributed by atoms with van der Waals surface area (Å²) < 4.78 is 2.18. The maximum Gasteiger partial charge on any atom is 0.170 e. The fraction of sp³-hybridized carbons (Fsp3) is 0.412. The van der Waals surface area contributed by atoms with Gasteiger partial charge in [-0.25, -0.2) is 0 Å². The second-order valence-electron chi connectivity index (χ2n) is 5.93. The summed E-state index contributed by atoms with van der Waals surface area (Å²) >= 11 is 5.51. The summed E-state index contributed by atoms with van der Waals surface area (Å²) in [5.41, 5.74) is 4.60. The lowest BCUT2D eigenvalue weighted by atomic mass is 9.97. The highest BCUT2D eigenvalue weighted by molar-refractivity contribution is 7.80. The Labute approximate surface area is 142 Å². The van der Waals surface area contributed by atoms with Gasteiger partial charge >= 0.3 is 0 Å². The molecule has 0 amide bonds. The van der Waals surface area contributed by atoms with Crippen LogP contribution in [0.3, 0.4) is 0 Å². The monoisotopic (exact) mass is 330 g/mol. The average molecular weight is 330 g/mol. The summed E-state index contributed by atoms with van der Waals surface area (Å²) in [6, 6.07) is 8.13. The Morgan fingerprint density at radius 1 is 1.35 bits per heavy atom. The van der Waals surface area contributed by atoms with Crippen molar-refractivity contribution in [3.8, 4) is 0 Å². The molecule has 3 heterocycles. The maximum absolute atomic E-state index is 9.45. The first-order valence-electron chi connectivity index (χ1n) is 7.76. The van der Waals surface area contributed by atoms with E-state index < -0.39 is 0 Å². The minimum absolute atomic E-state index is 0.0178. The Morgan fingerprint density at radius 2 is 2.13 bits per heavy atom. The minimum Gasteiger partial charge on any atom is -0.395 e. The van der Waals surface area contributed by atoms with Crippen LogP contribution >= 0.6 is 12.2 Å². The quantitative estimate of drug-likeness (QED) is 0.840. The minimum atomic E-state index is -0.0178. The fourth-order valence-corrected chi connectivity index (χ4v) is 3.61. The van der Waals surface area contributed by atoms with E-state index in [1.54, 1.807) is 6.20 Å². The molecule has 1 aliphatic rings. The van der Waals surface area contributed by atoms with Gasteiger partial charge in [0.25, 0.3) is 0 Å². The van der Waals surface area contributed by atoms with Crippen LogP contribution in [0.4, 0.5) is 0 Å². The van der Waals surface area contributed by atoms with Crippen LogP contribution in [0.15, 0.2) is 30.5 Å². The highest BCUT2D eigenvalue weighted by Crippen LogP contribution is 2.40. The van der Waals surface area contributed by atoms with Crippen molar-refractivity contribution in [2.24, 2.45) is 7.05 Å². The molecule has 1 fully saturated rings. The van der Waals surface area contributed by atoms with E-state index in [-0.39, 0.29) is 18.7 Å². The van der Waals surface area contributed by atoms with Gasteiger partial charge in [-0.2, -0.15) is 0 Å². The van der Waals surface area contributed by atoms with E-state index in [1.165, 1.54) is 17.0 Å². The van der Waals surface area contributed by atoms with Crippen LogP contribution in [0, 0.1) is 13.8 Å². The molecular formula is C17H22N4OS. The molecule has 23 heavy (non-hydrogen) atoms. The van der Waals surface area contributed by atoms with Crippen LogP contribution in [-0.4, -0.2) is 37.8 Å². The molecule has 0 aromatic carbocycles. The topological polar surface area (TPSA) is 53.3 Å². The molecule has 6 heteroatoms. The number of hydrogen-bond donors (Lipinski definition) is 2. The molecule has 0 spiro atoms.